The van der Waals surface area contributed by atoms with Gasteiger partial charge in [-0.2, -0.15) is 0 Å². The highest BCUT2D eigenvalue weighted by molar-refractivity contribution is 5.69. The Morgan fingerprint density at radius 1 is 1.53 bits per heavy atom. The first kappa shape index (κ1) is 11.2. The largest absolute Gasteiger partial charge is 0.484 e. The molecule has 1 fully saturated rings. The van der Waals surface area contributed by atoms with Gasteiger partial charge in [0.25, 0.3) is 0 Å². The molecule has 1 aromatic rings. The number of nitrogens with one attached hydrogen (secondary N) is 1. The summed E-state index contributed by atoms with van der Waals surface area (Å²) in [6.45, 7) is 0.343. The van der Waals surface area contributed by atoms with Gasteiger partial charge in [0.05, 0.1) is 4.92 Å². The van der Waals surface area contributed by atoms with Crippen LogP contribution in [0.25, 0.3) is 0 Å². The van der Waals surface area contributed by atoms with Crippen LogP contribution in [0.1, 0.15) is 0 Å². The van der Waals surface area contributed by atoms with Crippen molar-refractivity contribution >= 4 is 11.8 Å². The molecule has 1 atom stereocenters. The van der Waals surface area contributed by atoms with E-state index in [1.165, 1.54) is 12.1 Å². The number of nitro benzene ring substituents is 1. The van der Waals surface area contributed by atoms with Crippen molar-refractivity contribution < 1.29 is 19.2 Å². The molecule has 17 heavy (non-hydrogen) atoms. The van der Waals surface area contributed by atoms with Gasteiger partial charge in [0, 0.05) is 6.07 Å². The first-order valence-corrected chi connectivity index (χ1v) is 4.96. The van der Waals surface area contributed by atoms with Gasteiger partial charge in [-0.3, -0.25) is 10.1 Å². The summed E-state index contributed by atoms with van der Waals surface area (Å²) in [5.41, 5.74) is -0.0993. The standard InChI is InChI=1S/C10H10N2O5/c13-10-11-7(6-17-10)5-16-9-4-2-1-3-8(9)12(14)15/h1-4,7H,5-6H2,(H,11,13)/t7-/m0/s1. The summed E-state index contributed by atoms with van der Waals surface area (Å²) in [4.78, 5) is 20.9. The van der Waals surface area contributed by atoms with Gasteiger partial charge in [-0.25, -0.2) is 4.79 Å². The number of carbonyl (C=O) groups excluding carboxylic acids is 1. The van der Waals surface area contributed by atoms with E-state index in [1.54, 1.807) is 12.1 Å². The maximum Gasteiger partial charge on any atom is 0.407 e. The highest BCUT2D eigenvalue weighted by atomic mass is 16.6. The topological polar surface area (TPSA) is 90.7 Å². The Morgan fingerprint density at radius 3 is 2.94 bits per heavy atom. The van der Waals surface area contributed by atoms with Gasteiger partial charge in [-0.15, -0.1) is 0 Å². The Labute approximate surface area is 96.5 Å². The predicted molar refractivity (Wildman–Crippen MR) is 56.9 cm³/mol. The molecule has 1 aliphatic rings. The van der Waals surface area contributed by atoms with Gasteiger partial charge >= 0.3 is 11.8 Å². The van der Waals surface area contributed by atoms with E-state index in [1.807, 2.05) is 0 Å². The maximum absolute atomic E-state index is 10.7. The molecule has 0 spiro atoms. The normalized spacial score (nSPS) is 18.4. The van der Waals surface area contributed by atoms with Gasteiger partial charge in [-0.1, -0.05) is 12.1 Å². The molecule has 1 aromatic carbocycles. The molecular formula is C10H10N2O5. The molecule has 90 valence electrons. The van der Waals surface area contributed by atoms with Crippen LogP contribution in [0.4, 0.5) is 10.5 Å². The average molecular weight is 238 g/mol. The number of cyclic esters (lactones) is 1. The van der Waals surface area contributed by atoms with Crippen molar-refractivity contribution in [1.82, 2.24) is 5.32 Å². The molecule has 1 aliphatic heterocycles. The van der Waals surface area contributed by atoms with Gasteiger partial charge in [0.15, 0.2) is 5.75 Å². The van der Waals surface area contributed by atoms with Crippen LogP contribution < -0.4 is 10.1 Å². The van der Waals surface area contributed by atoms with Gasteiger partial charge in [0.1, 0.15) is 19.3 Å². The SMILES string of the molecule is O=C1N[C@@H](COc2ccccc2[N+](=O)[O-])CO1. The fraction of sp³-hybridized carbons (Fsp3) is 0.300. The number of amides is 1. The second-order valence-electron chi connectivity index (χ2n) is 3.48. The van der Waals surface area contributed by atoms with Crippen LogP contribution in [0.3, 0.4) is 0 Å². The van der Waals surface area contributed by atoms with Gasteiger partial charge < -0.3 is 14.8 Å². The number of hydrogen-bond donors (Lipinski definition) is 1. The van der Waals surface area contributed by atoms with Crippen molar-refractivity contribution in [2.45, 2.75) is 6.04 Å². The van der Waals surface area contributed by atoms with Gasteiger partial charge in [-0.05, 0) is 6.07 Å². The molecule has 0 radical (unpaired) electrons. The Kier molecular flexibility index (Phi) is 3.08. The minimum Gasteiger partial charge on any atom is -0.484 e. The maximum atomic E-state index is 10.7. The first-order chi connectivity index (χ1) is 8.16. The Morgan fingerprint density at radius 2 is 2.29 bits per heavy atom. The van der Waals surface area contributed by atoms with Crippen molar-refractivity contribution in [1.29, 1.82) is 0 Å². The summed E-state index contributed by atoms with van der Waals surface area (Å²) in [5, 5.41) is 13.2. The van der Waals surface area contributed by atoms with E-state index in [0.717, 1.165) is 0 Å². The number of rotatable bonds is 4. The lowest BCUT2D eigenvalue weighted by molar-refractivity contribution is -0.385. The number of nitro groups is 1. The van der Waals surface area contributed by atoms with E-state index in [-0.39, 0.29) is 30.7 Å². The van der Waals surface area contributed by atoms with Crippen molar-refractivity contribution in [3.05, 3.63) is 34.4 Å². The van der Waals surface area contributed by atoms with Crippen LogP contribution in [0.5, 0.6) is 5.75 Å². The number of para-hydroxylation sites is 2. The molecule has 0 bridgehead atoms. The third kappa shape index (κ3) is 2.63. The van der Waals surface area contributed by atoms with E-state index in [9.17, 15) is 14.9 Å². The van der Waals surface area contributed by atoms with Crippen molar-refractivity contribution in [3.8, 4) is 5.75 Å². The molecule has 0 aromatic heterocycles. The van der Waals surface area contributed by atoms with Crippen LogP contribution >= 0.6 is 0 Å². The van der Waals surface area contributed by atoms with E-state index in [0.29, 0.717) is 0 Å². The number of ether oxygens (including phenoxy) is 2. The fourth-order valence-corrected chi connectivity index (χ4v) is 1.44. The van der Waals surface area contributed by atoms with Crippen LogP contribution in [0.2, 0.25) is 0 Å². The zero-order valence-corrected chi connectivity index (χ0v) is 8.79. The third-order valence-corrected chi connectivity index (χ3v) is 2.24. The molecule has 1 heterocycles. The molecule has 0 unspecified atom stereocenters. The summed E-state index contributed by atoms with van der Waals surface area (Å²) in [6.07, 6.45) is -0.499. The number of benzene rings is 1. The molecule has 2 rings (SSSR count). The van der Waals surface area contributed by atoms with Crippen LogP contribution in [-0.4, -0.2) is 30.3 Å². The Hall–Kier alpha value is -2.31. The lowest BCUT2D eigenvalue weighted by Gasteiger charge is -2.09. The summed E-state index contributed by atoms with van der Waals surface area (Å²) in [5.74, 6) is 0.179. The fourth-order valence-electron chi connectivity index (χ4n) is 1.44. The second-order valence-corrected chi connectivity index (χ2v) is 3.48. The summed E-state index contributed by atoms with van der Waals surface area (Å²) >= 11 is 0. The monoisotopic (exact) mass is 238 g/mol. The number of carbonyl (C=O) groups is 1. The zero-order chi connectivity index (χ0) is 12.3. The van der Waals surface area contributed by atoms with Crippen molar-refractivity contribution in [3.63, 3.8) is 0 Å². The molecule has 0 saturated carbocycles. The minimum atomic E-state index is -0.515. The van der Waals surface area contributed by atoms with Crippen molar-refractivity contribution in [2.24, 2.45) is 0 Å². The van der Waals surface area contributed by atoms with Crippen LogP contribution in [0.15, 0.2) is 24.3 Å². The highest BCUT2D eigenvalue weighted by Gasteiger charge is 2.23. The molecular weight excluding hydrogens is 228 g/mol. The lowest BCUT2D eigenvalue weighted by atomic mass is 10.3. The molecule has 0 aliphatic carbocycles. The summed E-state index contributed by atoms with van der Waals surface area (Å²) in [6, 6.07) is 5.80. The Balaban J connectivity index is 1.99. The Bertz CT molecular complexity index is 448. The number of nitrogens with zero attached hydrogens (tertiary/aromatic N) is 1. The minimum absolute atomic E-state index is 0.0993. The molecule has 1 amide bonds. The first-order valence-electron chi connectivity index (χ1n) is 4.96. The zero-order valence-electron chi connectivity index (χ0n) is 8.79. The highest BCUT2D eigenvalue weighted by Crippen LogP contribution is 2.25. The third-order valence-electron chi connectivity index (χ3n) is 2.24. The molecule has 7 nitrogen and oxygen atoms in total. The van der Waals surface area contributed by atoms with E-state index < -0.39 is 11.0 Å². The molecule has 1 saturated heterocycles. The predicted octanol–water partition coefficient (Wildman–Crippen LogP) is 1.08. The molecule has 7 heteroatoms. The number of hydrogen-bond acceptors (Lipinski definition) is 5. The quantitative estimate of drug-likeness (QED) is 0.626. The molecule has 1 N–H and O–H groups in total. The van der Waals surface area contributed by atoms with Crippen LogP contribution in [0, 0.1) is 10.1 Å². The van der Waals surface area contributed by atoms with E-state index in [4.69, 9.17) is 4.74 Å². The van der Waals surface area contributed by atoms with Crippen molar-refractivity contribution in [2.75, 3.05) is 13.2 Å². The van der Waals surface area contributed by atoms with Gasteiger partial charge in [0.2, 0.25) is 0 Å². The lowest BCUT2D eigenvalue weighted by Crippen LogP contribution is -2.32. The second kappa shape index (κ2) is 4.69. The smallest absolute Gasteiger partial charge is 0.407 e. The van der Waals surface area contributed by atoms with E-state index in [2.05, 4.69) is 10.1 Å². The summed E-state index contributed by atoms with van der Waals surface area (Å²) in [7, 11) is 0. The van der Waals surface area contributed by atoms with Crippen LogP contribution in [-0.2, 0) is 4.74 Å². The van der Waals surface area contributed by atoms with E-state index >= 15 is 0 Å². The number of alkyl carbamates (subject to hydrolysis) is 1. The average Bonchev–Trinajstić information content (AvgIpc) is 2.73. The summed E-state index contributed by atoms with van der Waals surface area (Å²) < 4.78 is 9.96.